The molecule has 0 spiro atoms. The Morgan fingerprint density at radius 2 is 1.97 bits per heavy atom. The summed E-state index contributed by atoms with van der Waals surface area (Å²) in [6.45, 7) is 7.24. The maximum absolute atomic E-state index is 13.6. The Morgan fingerprint density at radius 1 is 1.27 bits per heavy atom. The summed E-state index contributed by atoms with van der Waals surface area (Å²) >= 11 is 3.48. The van der Waals surface area contributed by atoms with Gasteiger partial charge in [0.2, 0.25) is 0 Å². The van der Waals surface area contributed by atoms with Gasteiger partial charge in [0.15, 0.2) is 5.78 Å². The smallest absolute Gasteiger partial charge is 0.337 e. The molecule has 0 aromatic heterocycles. The van der Waals surface area contributed by atoms with Gasteiger partial charge in [-0.25, -0.2) is 4.79 Å². The molecule has 1 aliphatic carbocycles. The number of Topliss-reactive ketones (excluding diaryl/α,β-unsaturated/α-hetero) is 1. The molecule has 0 saturated heterocycles. The van der Waals surface area contributed by atoms with Crippen molar-refractivity contribution in [2.45, 2.75) is 46.1 Å². The molecule has 1 aromatic rings. The monoisotopic (exact) mass is 475 g/mol. The molecule has 0 bridgehead atoms. The lowest BCUT2D eigenvalue weighted by molar-refractivity contribution is -0.151. The Bertz CT molecular complexity index is 962. The van der Waals surface area contributed by atoms with Crippen molar-refractivity contribution in [3.8, 4) is 0 Å². The minimum absolute atomic E-state index is 0.212. The molecule has 6 nitrogen and oxygen atoms in total. The molecule has 1 aromatic carbocycles. The summed E-state index contributed by atoms with van der Waals surface area (Å²) in [5, 5.41) is 3.25. The van der Waals surface area contributed by atoms with E-state index in [4.69, 9.17) is 9.47 Å². The van der Waals surface area contributed by atoms with E-state index in [-0.39, 0.29) is 17.8 Å². The standard InChI is InChI=1S/C23H26BrNO5/c1-11(2)30-23(28)18-13(4)25-16-9-12(3)17(22(27)29-5)21(26)20(16)19(18)14-7-6-8-15(24)10-14/h6-8,10-12,17,19,25H,9H2,1-5H3/t12-,17+,19-/m1/s1. The maximum Gasteiger partial charge on any atom is 0.337 e. The summed E-state index contributed by atoms with van der Waals surface area (Å²) in [6, 6.07) is 7.50. The molecule has 1 heterocycles. The molecule has 0 saturated carbocycles. The normalized spacial score (nSPS) is 23.8. The van der Waals surface area contributed by atoms with Crippen molar-refractivity contribution in [1.29, 1.82) is 0 Å². The minimum Gasteiger partial charge on any atom is -0.468 e. The van der Waals surface area contributed by atoms with Crippen molar-refractivity contribution < 1.29 is 23.9 Å². The summed E-state index contributed by atoms with van der Waals surface area (Å²) in [4.78, 5) is 39.0. The molecule has 160 valence electrons. The summed E-state index contributed by atoms with van der Waals surface area (Å²) in [5.74, 6) is -3.08. The van der Waals surface area contributed by atoms with Crippen molar-refractivity contribution in [3.63, 3.8) is 0 Å². The lowest BCUT2D eigenvalue weighted by atomic mass is 9.69. The Labute approximate surface area is 184 Å². The van der Waals surface area contributed by atoms with Gasteiger partial charge in [-0.1, -0.05) is 35.0 Å². The first-order chi connectivity index (χ1) is 14.1. The number of hydrogen-bond donors (Lipinski definition) is 1. The average Bonchev–Trinajstić information content (AvgIpc) is 2.65. The number of nitrogens with one attached hydrogen (secondary N) is 1. The molecular formula is C23H26BrNO5. The fourth-order valence-corrected chi connectivity index (χ4v) is 4.67. The van der Waals surface area contributed by atoms with Gasteiger partial charge < -0.3 is 14.8 Å². The van der Waals surface area contributed by atoms with Crippen LogP contribution in [0, 0.1) is 11.8 Å². The van der Waals surface area contributed by atoms with Crippen LogP contribution in [0.2, 0.25) is 0 Å². The van der Waals surface area contributed by atoms with Crippen LogP contribution in [0.4, 0.5) is 0 Å². The second-order valence-corrected chi connectivity index (χ2v) is 8.96. The first kappa shape index (κ1) is 22.3. The average molecular weight is 476 g/mol. The molecule has 3 atom stereocenters. The first-order valence-electron chi connectivity index (χ1n) is 9.95. The second kappa shape index (κ2) is 8.76. The lowest BCUT2D eigenvalue weighted by Gasteiger charge is -2.38. The van der Waals surface area contributed by atoms with Crippen LogP contribution in [-0.4, -0.2) is 30.9 Å². The van der Waals surface area contributed by atoms with Crippen LogP contribution < -0.4 is 5.32 Å². The zero-order chi connectivity index (χ0) is 22.2. The van der Waals surface area contributed by atoms with E-state index < -0.39 is 23.8 Å². The van der Waals surface area contributed by atoms with E-state index in [9.17, 15) is 14.4 Å². The molecule has 2 aliphatic rings. The van der Waals surface area contributed by atoms with Crippen molar-refractivity contribution >= 4 is 33.7 Å². The van der Waals surface area contributed by atoms with E-state index in [0.29, 0.717) is 23.3 Å². The number of allylic oxidation sites excluding steroid dienone is 3. The predicted octanol–water partition coefficient (Wildman–Crippen LogP) is 4.01. The third kappa shape index (κ3) is 4.08. The van der Waals surface area contributed by atoms with Crippen LogP contribution in [0.25, 0.3) is 0 Å². The highest BCUT2D eigenvalue weighted by Gasteiger charge is 2.47. The number of hydrogen-bond acceptors (Lipinski definition) is 6. The number of methoxy groups -OCH3 is 1. The Morgan fingerprint density at radius 3 is 2.57 bits per heavy atom. The number of halogens is 1. The maximum atomic E-state index is 13.6. The van der Waals surface area contributed by atoms with Crippen LogP contribution in [0.3, 0.4) is 0 Å². The van der Waals surface area contributed by atoms with Crippen LogP contribution in [0.1, 0.15) is 45.6 Å². The third-order valence-electron chi connectivity index (χ3n) is 5.49. The predicted molar refractivity (Wildman–Crippen MR) is 115 cm³/mol. The van der Waals surface area contributed by atoms with Gasteiger partial charge in [0.25, 0.3) is 0 Å². The Kier molecular flexibility index (Phi) is 6.50. The topological polar surface area (TPSA) is 81.7 Å². The number of carbonyl (C=O) groups excluding carboxylic acids is 3. The van der Waals surface area contributed by atoms with E-state index in [1.165, 1.54) is 7.11 Å². The van der Waals surface area contributed by atoms with Gasteiger partial charge in [-0.15, -0.1) is 0 Å². The third-order valence-corrected chi connectivity index (χ3v) is 5.98. The summed E-state index contributed by atoms with van der Waals surface area (Å²) in [5.41, 5.74) is 2.99. The van der Waals surface area contributed by atoms with E-state index in [0.717, 1.165) is 15.7 Å². The van der Waals surface area contributed by atoms with Crippen LogP contribution in [0.15, 0.2) is 51.3 Å². The lowest BCUT2D eigenvalue weighted by Crippen LogP contribution is -2.43. The zero-order valence-corrected chi connectivity index (χ0v) is 19.3. The molecule has 1 aliphatic heterocycles. The highest BCUT2D eigenvalue weighted by Crippen LogP contribution is 2.45. The molecule has 0 fully saturated rings. The SMILES string of the molecule is COC(=O)[C@@H]1C(=O)C2=C(C[C@H]1C)NC(C)=C(C(=O)OC(C)C)[C@H]2c1cccc(Br)c1. The van der Waals surface area contributed by atoms with E-state index in [1.807, 2.05) is 38.1 Å². The Balaban J connectivity index is 2.19. The van der Waals surface area contributed by atoms with Gasteiger partial charge in [-0.2, -0.15) is 0 Å². The van der Waals surface area contributed by atoms with Gasteiger partial charge in [0, 0.05) is 27.4 Å². The van der Waals surface area contributed by atoms with E-state index >= 15 is 0 Å². The molecule has 7 heteroatoms. The fraction of sp³-hybridized carbons (Fsp3) is 0.435. The zero-order valence-electron chi connectivity index (χ0n) is 17.7. The highest BCUT2D eigenvalue weighted by molar-refractivity contribution is 9.10. The van der Waals surface area contributed by atoms with Crippen molar-refractivity contribution in [3.05, 3.63) is 56.8 Å². The van der Waals surface area contributed by atoms with Crippen LogP contribution >= 0.6 is 15.9 Å². The highest BCUT2D eigenvalue weighted by atomic mass is 79.9. The molecule has 0 amide bonds. The Hall–Kier alpha value is -2.41. The molecule has 30 heavy (non-hydrogen) atoms. The van der Waals surface area contributed by atoms with Gasteiger partial charge in [0.05, 0.1) is 18.8 Å². The summed E-state index contributed by atoms with van der Waals surface area (Å²) in [7, 11) is 1.28. The van der Waals surface area contributed by atoms with Crippen LogP contribution in [0.5, 0.6) is 0 Å². The second-order valence-electron chi connectivity index (χ2n) is 8.04. The number of rotatable bonds is 4. The van der Waals surface area contributed by atoms with Gasteiger partial charge in [-0.05, 0) is 50.8 Å². The quantitative estimate of drug-likeness (QED) is 0.523. The number of dihydropyridines is 1. The number of esters is 2. The summed E-state index contributed by atoms with van der Waals surface area (Å²) in [6.07, 6.45) is 0.205. The molecule has 1 N–H and O–H groups in total. The van der Waals surface area contributed by atoms with Gasteiger partial charge in [0.1, 0.15) is 5.92 Å². The number of ether oxygens (including phenoxy) is 2. The van der Waals surface area contributed by atoms with E-state index in [2.05, 4.69) is 21.2 Å². The largest absolute Gasteiger partial charge is 0.468 e. The van der Waals surface area contributed by atoms with Crippen LogP contribution in [-0.2, 0) is 23.9 Å². The number of carbonyl (C=O) groups is 3. The van der Waals surface area contributed by atoms with Gasteiger partial charge in [-0.3, -0.25) is 9.59 Å². The molecular weight excluding hydrogens is 450 g/mol. The number of benzene rings is 1. The van der Waals surface area contributed by atoms with E-state index in [1.54, 1.807) is 13.8 Å². The minimum atomic E-state index is -0.897. The van der Waals surface area contributed by atoms with Crippen molar-refractivity contribution in [2.24, 2.45) is 11.8 Å². The van der Waals surface area contributed by atoms with Crippen molar-refractivity contribution in [1.82, 2.24) is 5.32 Å². The first-order valence-corrected chi connectivity index (χ1v) is 10.7. The number of ketones is 1. The molecule has 0 radical (unpaired) electrons. The fourth-order valence-electron chi connectivity index (χ4n) is 4.25. The van der Waals surface area contributed by atoms with Gasteiger partial charge >= 0.3 is 11.9 Å². The molecule has 3 rings (SSSR count). The van der Waals surface area contributed by atoms with Crippen molar-refractivity contribution in [2.75, 3.05) is 7.11 Å². The molecule has 0 unspecified atom stereocenters. The summed E-state index contributed by atoms with van der Waals surface area (Å²) < 4.78 is 11.2.